The van der Waals surface area contributed by atoms with E-state index in [0.717, 1.165) is 42.3 Å². The Labute approximate surface area is 131 Å². The first-order chi connectivity index (χ1) is 10.8. The third kappa shape index (κ3) is 3.17. The van der Waals surface area contributed by atoms with Crippen LogP contribution >= 0.6 is 0 Å². The van der Waals surface area contributed by atoms with Crippen molar-refractivity contribution in [2.45, 2.75) is 19.1 Å². The number of hydrogen-bond acceptors (Lipinski definition) is 4. The van der Waals surface area contributed by atoms with E-state index in [1.54, 1.807) is 14.2 Å². The van der Waals surface area contributed by atoms with Gasteiger partial charge in [0.25, 0.3) is 0 Å². The van der Waals surface area contributed by atoms with Gasteiger partial charge >= 0.3 is 0 Å². The quantitative estimate of drug-likeness (QED) is 0.890. The minimum Gasteiger partial charge on any atom is -0.497 e. The number of hydrogen-bond donors (Lipinski definition) is 1. The van der Waals surface area contributed by atoms with Crippen molar-refractivity contribution in [3.05, 3.63) is 53.6 Å². The predicted octanol–water partition coefficient (Wildman–Crippen LogP) is 2.80. The summed E-state index contributed by atoms with van der Waals surface area (Å²) >= 11 is 0. The van der Waals surface area contributed by atoms with Gasteiger partial charge in [-0.05, 0) is 17.7 Å². The SMILES string of the molecule is COc1ccc(CNCC2Cc3ccccc3O2)c(OC)c1. The molecule has 3 rings (SSSR count). The lowest BCUT2D eigenvalue weighted by molar-refractivity contribution is 0.227. The summed E-state index contributed by atoms with van der Waals surface area (Å²) in [5.41, 5.74) is 2.40. The van der Waals surface area contributed by atoms with Crippen LogP contribution in [0.15, 0.2) is 42.5 Å². The van der Waals surface area contributed by atoms with Crippen molar-refractivity contribution in [2.24, 2.45) is 0 Å². The van der Waals surface area contributed by atoms with Gasteiger partial charge < -0.3 is 19.5 Å². The molecule has 1 heterocycles. The van der Waals surface area contributed by atoms with Gasteiger partial charge in [-0.15, -0.1) is 0 Å². The molecular formula is C18H21NO3. The van der Waals surface area contributed by atoms with Crippen molar-refractivity contribution >= 4 is 0 Å². The van der Waals surface area contributed by atoms with Crippen LogP contribution in [-0.2, 0) is 13.0 Å². The molecule has 1 aliphatic heterocycles. The molecule has 22 heavy (non-hydrogen) atoms. The smallest absolute Gasteiger partial charge is 0.127 e. The lowest BCUT2D eigenvalue weighted by atomic mass is 10.1. The highest BCUT2D eigenvalue weighted by atomic mass is 16.5. The zero-order valence-corrected chi connectivity index (χ0v) is 13.0. The molecule has 2 aromatic carbocycles. The van der Waals surface area contributed by atoms with E-state index in [1.165, 1.54) is 5.56 Å². The van der Waals surface area contributed by atoms with Crippen molar-refractivity contribution in [3.63, 3.8) is 0 Å². The van der Waals surface area contributed by atoms with Gasteiger partial charge in [0.2, 0.25) is 0 Å². The Hall–Kier alpha value is -2.20. The molecule has 4 heteroatoms. The number of para-hydroxylation sites is 1. The Morgan fingerprint density at radius 3 is 2.77 bits per heavy atom. The fourth-order valence-electron chi connectivity index (χ4n) is 2.73. The van der Waals surface area contributed by atoms with Gasteiger partial charge in [0, 0.05) is 31.1 Å². The first-order valence-electron chi connectivity index (χ1n) is 7.46. The van der Waals surface area contributed by atoms with Crippen molar-refractivity contribution in [2.75, 3.05) is 20.8 Å². The van der Waals surface area contributed by atoms with Crippen LogP contribution in [-0.4, -0.2) is 26.9 Å². The molecule has 0 aliphatic carbocycles. The standard InChI is InChI=1S/C18H21NO3/c1-20-15-8-7-14(18(10-15)21-2)11-19-12-16-9-13-5-3-4-6-17(13)22-16/h3-8,10,16,19H,9,11-12H2,1-2H3. The molecule has 0 amide bonds. The summed E-state index contributed by atoms with van der Waals surface area (Å²) in [5.74, 6) is 2.65. The van der Waals surface area contributed by atoms with Crippen molar-refractivity contribution < 1.29 is 14.2 Å². The van der Waals surface area contributed by atoms with Crippen LogP contribution < -0.4 is 19.5 Å². The lowest BCUT2D eigenvalue weighted by Gasteiger charge is -2.14. The molecule has 4 nitrogen and oxygen atoms in total. The number of benzene rings is 2. The zero-order valence-electron chi connectivity index (χ0n) is 13.0. The molecule has 2 aromatic rings. The maximum Gasteiger partial charge on any atom is 0.127 e. The fourth-order valence-corrected chi connectivity index (χ4v) is 2.73. The first kappa shape index (κ1) is 14.7. The van der Waals surface area contributed by atoms with E-state index < -0.39 is 0 Å². The number of nitrogens with one attached hydrogen (secondary N) is 1. The fraction of sp³-hybridized carbons (Fsp3) is 0.333. The van der Waals surface area contributed by atoms with Crippen LogP contribution in [0.1, 0.15) is 11.1 Å². The predicted molar refractivity (Wildman–Crippen MR) is 85.8 cm³/mol. The zero-order chi connectivity index (χ0) is 15.4. The van der Waals surface area contributed by atoms with Crippen LogP contribution in [0.3, 0.4) is 0 Å². The minimum absolute atomic E-state index is 0.196. The average Bonchev–Trinajstić information content (AvgIpc) is 2.97. The lowest BCUT2D eigenvalue weighted by Crippen LogP contribution is -2.29. The molecule has 1 unspecified atom stereocenters. The number of fused-ring (bicyclic) bond motifs is 1. The monoisotopic (exact) mass is 299 g/mol. The Morgan fingerprint density at radius 1 is 1.14 bits per heavy atom. The molecule has 0 radical (unpaired) electrons. The number of methoxy groups -OCH3 is 2. The molecule has 0 saturated heterocycles. The summed E-state index contributed by atoms with van der Waals surface area (Å²) in [5, 5.41) is 3.44. The van der Waals surface area contributed by atoms with Gasteiger partial charge in [0.05, 0.1) is 14.2 Å². The van der Waals surface area contributed by atoms with Gasteiger partial charge in [-0.3, -0.25) is 0 Å². The maximum atomic E-state index is 5.92. The summed E-state index contributed by atoms with van der Waals surface area (Å²) in [4.78, 5) is 0. The van der Waals surface area contributed by atoms with Gasteiger partial charge in [-0.2, -0.15) is 0 Å². The Balaban J connectivity index is 1.54. The van der Waals surface area contributed by atoms with Crippen molar-refractivity contribution in [3.8, 4) is 17.2 Å². The average molecular weight is 299 g/mol. The van der Waals surface area contributed by atoms with Crippen LogP contribution in [0.2, 0.25) is 0 Å². The van der Waals surface area contributed by atoms with Crippen LogP contribution in [0, 0.1) is 0 Å². The van der Waals surface area contributed by atoms with Gasteiger partial charge in [-0.25, -0.2) is 0 Å². The van der Waals surface area contributed by atoms with Crippen molar-refractivity contribution in [1.29, 1.82) is 0 Å². The topological polar surface area (TPSA) is 39.7 Å². The molecule has 0 saturated carbocycles. The summed E-state index contributed by atoms with van der Waals surface area (Å²) in [6.45, 7) is 1.55. The van der Waals surface area contributed by atoms with E-state index in [0.29, 0.717) is 0 Å². The van der Waals surface area contributed by atoms with Crippen LogP contribution in [0.4, 0.5) is 0 Å². The van der Waals surface area contributed by atoms with E-state index in [2.05, 4.69) is 17.4 Å². The highest BCUT2D eigenvalue weighted by Crippen LogP contribution is 2.28. The summed E-state index contributed by atoms with van der Waals surface area (Å²) in [6, 6.07) is 14.1. The second-order valence-electron chi connectivity index (χ2n) is 5.36. The molecule has 116 valence electrons. The first-order valence-corrected chi connectivity index (χ1v) is 7.46. The van der Waals surface area contributed by atoms with Gasteiger partial charge in [0.15, 0.2) is 0 Å². The number of ether oxygens (including phenoxy) is 3. The van der Waals surface area contributed by atoms with E-state index in [9.17, 15) is 0 Å². The molecule has 0 spiro atoms. The normalized spacial score (nSPS) is 16.0. The summed E-state index contributed by atoms with van der Waals surface area (Å²) < 4.78 is 16.5. The van der Waals surface area contributed by atoms with E-state index >= 15 is 0 Å². The molecular weight excluding hydrogens is 278 g/mol. The van der Waals surface area contributed by atoms with Crippen LogP contribution in [0.25, 0.3) is 0 Å². The minimum atomic E-state index is 0.196. The largest absolute Gasteiger partial charge is 0.497 e. The van der Waals surface area contributed by atoms with Crippen LogP contribution in [0.5, 0.6) is 17.2 Å². The molecule has 0 aromatic heterocycles. The Morgan fingerprint density at radius 2 is 2.00 bits per heavy atom. The third-order valence-electron chi connectivity index (χ3n) is 3.90. The highest BCUT2D eigenvalue weighted by molar-refractivity contribution is 5.41. The molecule has 0 bridgehead atoms. The van der Waals surface area contributed by atoms with Crippen molar-refractivity contribution in [1.82, 2.24) is 5.32 Å². The molecule has 1 atom stereocenters. The molecule has 1 aliphatic rings. The Bertz CT molecular complexity index is 617. The molecule has 1 N–H and O–H groups in total. The van der Waals surface area contributed by atoms with E-state index in [1.807, 2.05) is 30.3 Å². The summed E-state index contributed by atoms with van der Waals surface area (Å²) in [6.07, 6.45) is 1.16. The Kier molecular flexibility index (Phi) is 4.49. The molecule has 0 fully saturated rings. The second kappa shape index (κ2) is 6.71. The maximum absolute atomic E-state index is 5.92. The van der Waals surface area contributed by atoms with E-state index in [-0.39, 0.29) is 6.10 Å². The van der Waals surface area contributed by atoms with Gasteiger partial charge in [0.1, 0.15) is 23.4 Å². The number of rotatable bonds is 6. The third-order valence-corrected chi connectivity index (χ3v) is 3.90. The summed E-state index contributed by atoms with van der Waals surface area (Å²) in [7, 11) is 3.33. The highest BCUT2D eigenvalue weighted by Gasteiger charge is 2.21. The van der Waals surface area contributed by atoms with Gasteiger partial charge in [-0.1, -0.05) is 24.3 Å². The second-order valence-corrected chi connectivity index (χ2v) is 5.36. The van der Waals surface area contributed by atoms with E-state index in [4.69, 9.17) is 14.2 Å².